The van der Waals surface area contributed by atoms with E-state index in [0.717, 1.165) is 5.56 Å². The Kier molecular flexibility index (Phi) is 5.85. The summed E-state index contributed by atoms with van der Waals surface area (Å²) in [5.74, 6) is -0.210. The number of hydrogen-bond donors (Lipinski definition) is 2. The molecule has 134 valence electrons. The van der Waals surface area contributed by atoms with Crippen LogP contribution in [-0.4, -0.2) is 18.8 Å². The highest BCUT2D eigenvalue weighted by atomic mass is 19.1. The second-order valence-electron chi connectivity index (χ2n) is 6.49. The molecule has 0 aromatic heterocycles. The highest BCUT2D eigenvalue weighted by molar-refractivity contribution is 5.89. The number of rotatable bonds is 5. The molecule has 2 aromatic rings. The van der Waals surface area contributed by atoms with Gasteiger partial charge in [0.15, 0.2) is 11.6 Å². The number of hydrogen-bond acceptors (Lipinski definition) is 4. The topological polar surface area (TPSA) is 59.6 Å². The standard InChI is InChI=1S/C19H23FN2O3/c1-19(2,3)25-18(23)22-16-8-6-5-7-15(16)21-12-13-9-10-17(24-4)14(20)11-13/h5-11,21H,12H2,1-4H3,(H,22,23). The number of para-hydroxylation sites is 2. The van der Waals surface area contributed by atoms with Gasteiger partial charge in [-0.05, 0) is 50.6 Å². The number of amides is 1. The van der Waals surface area contributed by atoms with E-state index in [9.17, 15) is 9.18 Å². The molecule has 0 aliphatic heterocycles. The lowest BCUT2D eigenvalue weighted by Crippen LogP contribution is -2.27. The summed E-state index contributed by atoms with van der Waals surface area (Å²) in [6, 6.07) is 12.0. The molecule has 2 aromatic carbocycles. The number of halogens is 1. The molecule has 0 aliphatic rings. The van der Waals surface area contributed by atoms with Crippen molar-refractivity contribution >= 4 is 17.5 Å². The summed E-state index contributed by atoms with van der Waals surface area (Å²) in [5, 5.41) is 5.90. The zero-order chi connectivity index (χ0) is 18.4. The summed E-state index contributed by atoms with van der Waals surface area (Å²) in [7, 11) is 1.43. The normalized spacial score (nSPS) is 10.9. The molecule has 0 atom stereocenters. The Hall–Kier alpha value is -2.76. The van der Waals surface area contributed by atoms with E-state index >= 15 is 0 Å². The minimum atomic E-state index is -0.576. The van der Waals surface area contributed by atoms with Crippen LogP contribution in [0.5, 0.6) is 5.75 Å². The predicted molar refractivity (Wildman–Crippen MR) is 96.6 cm³/mol. The third-order valence-electron chi connectivity index (χ3n) is 3.26. The second kappa shape index (κ2) is 7.88. The van der Waals surface area contributed by atoms with Crippen molar-refractivity contribution in [1.82, 2.24) is 0 Å². The Morgan fingerprint density at radius 3 is 2.40 bits per heavy atom. The van der Waals surface area contributed by atoms with Gasteiger partial charge in [0.1, 0.15) is 5.60 Å². The number of benzene rings is 2. The van der Waals surface area contributed by atoms with Crippen molar-refractivity contribution in [2.45, 2.75) is 32.9 Å². The maximum absolute atomic E-state index is 13.8. The van der Waals surface area contributed by atoms with Crippen molar-refractivity contribution in [3.8, 4) is 5.75 Å². The Morgan fingerprint density at radius 1 is 1.12 bits per heavy atom. The van der Waals surface area contributed by atoms with Gasteiger partial charge in [0.25, 0.3) is 0 Å². The largest absolute Gasteiger partial charge is 0.494 e. The molecule has 1 amide bonds. The van der Waals surface area contributed by atoms with Gasteiger partial charge in [-0.2, -0.15) is 0 Å². The summed E-state index contributed by atoms with van der Waals surface area (Å²) in [5.41, 5.74) is 1.48. The molecular weight excluding hydrogens is 323 g/mol. The first-order valence-corrected chi connectivity index (χ1v) is 7.94. The zero-order valence-corrected chi connectivity index (χ0v) is 14.9. The van der Waals surface area contributed by atoms with Crippen LogP contribution in [0.3, 0.4) is 0 Å². The van der Waals surface area contributed by atoms with Gasteiger partial charge in [-0.15, -0.1) is 0 Å². The van der Waals surface area contributed by atoms with Gasteiger partial charge in [0.05, 0.1) is 18.5 Å². The van der Waals surface area contributed by atoms with Crippen LogP contribution in [-0.2, 0) is 11.3 Å². The van der Waals surface area contributed by atoms with Crippen molar-refractivity contribution in [3.63, 3.8) is 0 Å². The van der Waals surface area contributed by atoms with Gasteiger partial charge in [0, 0.05) is 6.54 Å². The van der Waals surface area contributed by atoms with E-state index in [0.29, 0.717) is 17.9 Å². The highest BCUT2D eigenvalue weighted by Crippen LogP contribution is 2.24. The summed E-state index contributed by atoms with van der Waals surface area (Å²) >= 11 is 0. The van der Waals surface area contributed by atoms with Crippen molar-refractivity contribution < 1.29 is 18.7 Å². The van der Waals surface area contributed by atoms with Crippen LogP contribution < -0.4 is 15.4 Å². The first-order valence-electron chi connectivity index (χ1n) is 7.94. The van der Waals surface area contributed by atoms with Crippen molar-refractivity contribution in [2.24, 2.45) is 0 Å². The molecule has 0 aliphatic carbocycles. The van der Waals surface area contributed by atoms with Gasteiger partial charge >= 0.3 is 6.09 Å². The lowest BCUT2D eigenvalue weighted by atomic mass is 10.2. The van der Waals surface area contributed by atoms with E-state index in [1.165, 1.54) is 13.2 Å². The van der Waals surface area contributed by atoms with Gasteiger partial charge in [-0.25, -0.2) is 9.18 Å². The molecule has 0 unspecified atom stereocenters. The molecule has 0 radical (unpaired) electrons. The first-order chi connectivity index (χ1) is 11.8. The fourth-order valence-electron chi connectivity index (χ4n) is 2.18. The minimum Gasteiger partial charge on any atom is -0.494 e. The quantitative estimate of drug-likeness (QED) is 0.817. The van der Waals surface area contributed by atoms with Gasteiger partial charge in [-0.1, -0.05) is 18.2 Å². The molecule has 0 bridgehead atoms. The lowest BCUT2D eigenvalue weighted by molar-refractivity contribution is 0.0636. The number of carbonyl (C=O) groups is 1. The van der Waals surface area contributed by atoms with Crippen molar-refractivity contribution in [3.05, 3.63) is 53.8 Å². The van der Waals surface area contributed by atoms with Crippen LogP contribution in [0, 0.1) is 5.82 Å². The van der Waals surface area contributed by atoms with Gasteiger partial charge < -0.3 is 14.8 Å². The fourth-order valence-corrected chi connectivity index (χ4v) is 2.18. The van der Waals surface area contributed by atoms with Crippen molar-refractivity contribution in [2.75, 3.05) is 17.7 Å². The lowest BCUT2D eigenvalue weighted by Gasteiger charge is -2.20. The first kappa shape index (κ1) is 18.6. The summed E-state index contributed by atoms with van der Waals surface area (Å²) < 4.78 is 23.9. The maximum atomic E-state index is 13.8. The fraction of sp³-hybridized carbons (Fsp3) is 0.316. The SMILES string of the molecule is COc1ccc(CNc2ccccc2NC(=O)OC(C)(C)C)cc1F. The van der Waals surface area contributed by atoms with E-state index in [4.69, 9.17) is 9.47 Å². The zero-order valence-electron chi connectivity index (χ0n) is 14.9. The number of nitrogens with one attached hydrogen (secondary N) is 2. The average molecular weight is 346 g/mol. The highest BCUT2D eigenvalue weighted by Gasteiger charge is 2.17. The molecule has 0 saturated carbocycles. The molecule has 25 heavy (non-hydrogen) atoms. The van der Waals surface area contributed by atoms with Crippen LogP contribution >= 0.6 is 0 Å². The number of methoxy groups -OCH3 is 1. The molecule has 2 rings (SSSR count). The van der Waals surface area contributed by atoms with Crippen molar-refractivity contribution in [1.29, 1.82) is 0 Å². The Labute approximate surface area is 147 Å². The third kappa shape index (κ3) is 5.67. The van der Waals surface area contributed by atoms with Crippen LogP contribution in [0.1, 0.15) is 26.3 Å². The molecule has 0 heterocycles. The van der Waals surface area contributed by atoms with E-state index in [2.05, 4.69) is 10.6 Å². The Balaban J connectivity index is 2.05. The molecule has 2 N–H and O–H groups in total. The van der Waals surface area contributed by atoms with Crippen LogP contribution in [0.25, 0.3) is 0 Å². The summed E-state index contributed by atoms with van der Waals surface area (Å²) in [4.78, 5) is 11.9. The number of ether oxygens (including phenoxy) is 2. The third-order valence-corrected chi connectivity index (χ3v) is 3.26. The van der Waals surface area contributed by atoms with Crippen LogP contribution in [0.15, 0.2) is 42.5 Å². The van der Waals surface area contributed by atoms with Crippen LogP contribution in [0.2, 0.25) is 0 Å². The molecule has 0 fully saturated rings. The Bertz CT molecular complexity index is 742. The van der Waals surface area contributed by atoms with Gasteiger partial charge in [-0.3, -0.25) is 5.32 Å². The van der Waals surface area contributed by atoms with E-state index in [-0.39, 0.29) is 5.75 Å². The predicted octanol–water partition coefficient (Wildman–Crippen LogP) is 4.79. The molecular formula is C19H23FN2O3. The number of anilines is 2. The average Bonchev–Trinajstić information content (AvgIpc) is 2.52. The second-order valence-corrected chi connectivity index (χ2v) is 6.49. The van der Waals surface area contributed by atoms with E-state index in [1.54, 1.807) is 39.0 Å². The van der Waals surface area contributed by atoms with E-state index < -0.39 is 17.5 Å². The molecule has 6 heteroatoms. The molecule has 5 nitrogen and oxygen atoms in total. The monoisotopic (exact) mass is 346 g/mol. The summed E-state index contributed by atoms with van der Waals surface area (Å²) in [6.45, 7) is 5.80. The Morgan fingerprint density at radius 2 is 1.80 bits per heavy atom. The minimum absolute atomic E-state index is 0.204. The van der Waals surface area contributed by atoms with Crippen LogP contribution in [0.4, 0.5) is 20.6 Å². The maximum Gasteiger partial charge on any atom is 0.412 e. The summed E-state index contributed by atoms with van der Waals surface area (Å²) in [6.07, 6.45) is -0.530. The van der Waals surface area contributed by atoms with Gasteiger partial charge in [0.2, 0.25) is 0 Å². The smallest absolute Gasteiger partial charge is 0.412 e. The molecule has 0 saturated heterocycles. The number of carbonyl (C=O) groups excluding carboxylic acids is 1. The molecule has 0 spiro atoms. The van der Waals surface area contributed by atoms with E-state index in [1.807, 2.05) is 18.2 Å².